The van der Waals surface area contributed by atoms with E-state index in [4.69, 9.17) is 5.11 Å². The van der Waals surface area contributed by atoms with Crippen LogP contribution in [0.4, 0.5) is 0 Å². The van der Waals surface area contributed by atoms with Gasteiger partial charge in [-0.25, -0.2) is 4.79 Å². The largest absolute Gasteiger partial charge is 0.478 e. The van der Waals surface area contributed by atoms with Gasteiger partial charge in [0.05, 0.1) is 12.1 Å². The molecule has 0 aliphatic carbocycles. The van der Waals surface area contributed by atoms with Gasteiger partial charge in [0.25, 0.3) is 0 Å². The lowest BCUT2D eigenvalue weighted by molar-refractivity contribution is -0.134. The van der Waals surface area contributed by atoms with Gasteiger partial charge in [0.15, 0.2) is 0 Å². The van der Waals surface area contributed by atoms with Crippen LogP contribution in [0.2, 0.25) is 0 Å². The molecule has 2 amide bonds. The van der Waals surface area contributed by atoms with E-state index >= 15 is 0 Å². The van der Waals surface area contributed by atoms with E-state index in [2.05, 4.69) is 29.4 Å². The molecule has 0 aromatic rings. The van der Waals surface area contributed by atoms with Crippen LogP contribution in [-0.4, -0.2) is 58.5 Å². The van der Waals surface area contributed by atoms with Crippen LogP contribution in [0.15, 0.2) is 11.6 Å². The quantitative estimate of drug-likeness (QED) is 0.508. The molecule has 166 valence electrons. The lowest BCUT2D eigenvalue weighted by Gasteiger charge is -2.38. The van der Waals surface area contributed by atoms with Gasteiger partial charge >= 0.3 is 5.97 Å². The van der Waals surface area contributed by atoms with Gasteiger partial charge in [-0.05, 0) is 52.0 Å². The van der Waals surface area contributed by atoms with E-state index in [9.17, 15) is 14.4 Å². The Kier molecular flexibility index (Phi) is 9.83. The number of carbonyl (C=O) groups is 3. The Balaban J connectivity index is 2.92. The zero-order valence-electron chi connectivity index (χ0n) is 19.0. The molecule has 29 heavy (non-hydrogen) atoms. The second-order valence-corrected chi connectivity index (χ2v) is 9.01. The minimum Gasteiger partial charge on any atom is -0.478 e. The zero-order chi connectivity index (χ0) is 22.3. The first-order valence-corrected chi connectivity index (χ1v) is 10.7. The van der Waals surface area contributed by atoms with Crippen molar-refractivity contribution in [2.24, 2.45) is 11.8 Å². The summed E-state index contributed by atoms with van der Waals surface area (Å²) in [5.74, 6) is -1.47. The molecule has 1 saturated heterocycles. The lowest BCUT2D eigenvalue weighted by Crippen LogP contribution is -2.58. The van der Waals surface area contributed by atoms with Crippen molar-refractivity contribution in [1.29, 1.82) is 0 Å². The van der Waals surface area contributed by atoms with Crippen molar-refractivity contribution in [3.63, 3.8) is 0 Å². The minimum atomic E-state index is -1.01. The molecule has 1 fully saturated rings. The van der Waals surface area contributed by atoms with E-state index in [1.165, 1.54) is 6.92 Å². The number of hydrogen-bond acceptors (Lipinski definition) is 4. The van der Waals surface area contributed by atoms with Crippen LogP contribution in [0.5, 0.6) is 0 Å². The number of carboxylic acids is 1. The number of amides is 2. The Labute approximate surface area is 175 Å². The molecule has 0 spiro atoms. The van der Waals surface area contributed by atoms with E-state index in [-0.39, 0.29) is 41.3 Å². The summed E-state index contributed by atoms with van der Waals surface area (Å²) in [6.07, 6.45) is 4.45. The second-order valence-electron chi connectivity index (χ2n) is 9.01. The van der Waals surface area contributed by atoms with Crippen molar-refractivity contribution in [2.75, 3.05) is 6.54 Å². The summed E-state index contributed by atoms with van der Waals surface area (Å²) >= 11 is 0. The molecule has 1 aliphatic heterocycles. The van der Waals surface area contributed by atoms with Crippen LogP contribution in [-0.2, 0) is 14.4 Å². The first-order valence-electron chi connectivity index (χ1n) is 10.7. The maximum Gasteiger partial charge on any atom is 0.331 e. The Hall–Kier alpha value is -1.89. The van der Waals surface area contributed by atoms with Gasteiger partial charge in [-0.15, -0.1) is 0 Å². The van der Waals surface area contributed by atoms with Crippen molar-refractivity contribution in [1.82, 2.24) is 15.5 Å². The molecule has 7 heteroatoms. The lowest BCUT2D eigenvalue weighted by atomic mass is 9.96. The number of likely N-dealkylation sites (tertiary alicyclic amines) is 1. The first-order chi connectivity index (χ1) is 13.5. The summed E-state index contributed by atoms with van der Waals surface area (Å²) in [4.78, 5) is 39.3. The molecule has 0 radical (unpaired) electrons. The predicted octanol–water partition coefficient (Wildman–Crippen LogP) is 2.56. The fourth-order valence-corrected chi connectivity index (χ4v) is 3.63. The number of aliphatic carboxylic acids is 1. The Morgan fingerprint density at radius 1 is 1.00 bits per heavy atom. The summed E-state index contributed by atoms with van der Waals surface area (Å²) in [6, 6.07) is -1.03. The van der Waals surface area contributed by atoms with Gasteiger partial charge < -0.3 is 15.7 Å². The number of nitrogens with zero attached hydrogens (tertiary/aromatic N) is 1. The molecular weight excluding hydrogens is 370 g/mol. The van der Waals surface area contributed by atoms with E-state index in [0.717, 1.165) is 25.8 Å². The third-order valence-corrected chi connectivity index (χ3v) is 5.55. The third-order valence-electron chi connectivity index (χ3n) is 5.55. The van der Waals surface area contributed by atoms with Gasteiger partial charge in [0.2, 0.25) is 11.8 Å². The Morgan fingerprint density at radius 3 is 2.10 bits per heavy atom. The highest BCUT2D eigenvalue weighted by Crippen LogP contribution is 2.20. The normalized spacial score (nSPS) is 20.6. The van der Waals surface area contributed by atoms with E-state index in [0.29, 0.717) is 0 Å². The fourth-order valence-electron chi connectivity index (χ4n) is 3.63. The average molecular weight is 410 g/mol. The molecular formula is C22H39N3O4. The second kappa shape index (κ2) is 11.3. The van der Waals surface area contributed by atoms with Crippen molar-refractivity contribution in [2.45, 2.75) is 91.9 Å². The molecule has 0 aromatic carbocycles. The van der Waals surface area contributed by atoms with Gasteiger partial charge in [0, 0.05) is 11.6 Å². The van der Waals surface area contributed by atoms with E-state index in [1.54, 1.807) is 6.08 Å². The molecule has 7 nitrogen and oxygen atoms in total. The molecule has 3 N–H and O–H groups in total. The van der Waals surface area contributed by atoms with E-state index in [1.807, 2.05) is 27.7 Å². The number of carboxylic acid groups (broad SMARTS) is 1. The van der Waals surface area contributed by atoms with Crippen molar-refractivity contribution in [3.8, 4) is 0 Å². The smallest absolute Gasteiger partial charge is 0.331 e. The standard InChI is InChI=1S/C22H39N3O4/c1-13(2)17(12-16(7)22(28)29)23-21(27)19(14(3)4)24-20(26)18-10-8-9-11-25(18)15(5)6/h12-15,17-19H,8-11H2,1-7H3,(H,23,27)(H,24,26)(H,28,29)/t17-,18?,19+/m1/s1. The van der Waals surface area contributed by atoms with Crippen LogP contribution in [0.3, 0.4) is 0 Å². The number of piperidine rings is 1. The monoisotopic (exact) mass is 409 g/mol. The van der Waals surface area contributed by atoms with Crippen molar-refractivity contribution < 1.29 is 19.5 Å². The number of rotatable bonds is 9. The van der Waals surface area contributed by atoms with Crippen LogP contribution < -0.4 is 10.6 Å². The van der Waals surface area contributed by atoms with Crippen molar-refractivity contribution >= 4 is 17.8 Å². The topological polar surface area (TPSA) is 98.7 Å². The maximum atomic E-state index is 13.0. The summed E-state index contributed by atoms with van der Waals surface area (Å²) in [7, 11) is 0. The predicted molar refractivity (Wildman–Crippen MR) is 114 cm³/mol. The molecule has 1 unspecified atom stereocenters. The molecule has 0 bridgehead atoms. The molecule has 1 aliphatic rings. The van der Waals surface area contributed by atoms with Crippen LogP contribution in [0.25, 0.3) is 0 Å². The summed E-state index contributed by atoms with van der Waals surface area (Å²) in [6.45, 7) is 14.2. The summed E-state index contributed by atoms with van der Waals surface area (Å²) < 4.78 is 0. The molecule has 1 heterocycles. The van der Waals surface area contributed by atoms with Crippen LogP contribution >= 0.6 is 0 Å². The molecule has 1 rings (SSSR count). The molecule has 3 atom stereocenters. The Bertz CT molecular complexity index is 613. The maximum absolute atomic E-state index is 13.0. The minimum absolute atomic E-state index is 0.0199. The number of hydrogen-bond donors (Lipinski definition) is 3. The van der Waals surface area contributed by atoms with Crippen LogP contribution in [0.1, 0.15) is 67.7 Å². The SMILES string of the molecule is CC(=C[C@@H](NC(=O)[C@@H](NC(=O)C1CCCCN1C(C)C)C(C)C)C(C)C)C(=O)O. The average Bonchev–Trinajstić information content (AvgIpc) is 2.64. The van der Waals surface area contributed by atoms with Crippen LogP contribution in [0, 0.1) is 11.8 Å². The summed E-state index contributed by atoms with van der Waals surface area (Å²) in [5, 5.41) is 15.0. The highest BCUT2D eigenvalue weighted by atomic mass is 16.4. The third kappa shape index (κ3) is 7.46. The first kappa shape index (κ1) is 25.1. The highest BCUT2D eigenvalue weighted by Gasteiger charge is 2.34. The Morgan fingerprint density at radius 2 is 1.62 bits per heavy atom. The van der Waals surface area contributed by atoms with Gasteiger partial charge in [-0.1, -0.05) is 40.2 Å². The highest BCUT2D eigenvalue weighted by molar-refractivity contribution is 5.90. The van der Waals surface area contributed by atoms with E-state index < -0.39 is 18.1 Å². The number of carbonyl (C=O) groups excluding carboxylic acids is 2. The zero-order valence-corrected chi connectivity index (χ0v) is 19.0. The van der Waals surface area contributed by atoms with Crippen molar-refractivity contribution in [3.05, 3.63) is 11.6 Å². The fraction of sp³-hybridized carbons (Fsp3) is 0.773. The molecule has 0 saturated carbocycles. The van der Waals surface area contributed by atoms with Gasteiger partial charge in [-0.2, -0.15) is 0 Å². The van der Waals surface area contributed by atoms with Gasteiger partial charge in [0.1, 0.15) is 6.04 Å². The molecule has 0 aromatic heterocycles. The van der Waals surface area contributed by atoms with Gasteiger partial charge in [-0.3, -0.25) is 14.5 Å². The number of nitrogens with one attached hydrogen (secondary N) is 2. The summed E-state index contributed by atoms with van der Waals surface area (Å²) in [5.41, 5.74) is 0.184.